The maximum atomic E-state index is 4.50. The van der Waals surface area contributed by atoms with Gasteiger partial charge >= 0.3 is 0 Å². The zero-order valence-electron chi connectivity index (χ0n) is 9.14. The molecule has 0 aliphatic carbocycles. The van der Waals surface area contributed by atoms with Crippen molar-refractivity contribution in [2.45, 2.75) is 13.3 Å². The fourth-order valence-electron chi connectivity index (χ4n) is 2.06. The molecule has 1 aliphatic rings. The number of aliphatic imine (C=N–C) groups is 1. The summed E-state index contributed by atoms with van der Waals surface area (Å²) in [5, 5.41) is 1.15. The van der Waals surface area contributed by atoms with E-state index in [9.17, 15) is 0 Å². The molecule has 0 bridgehead atoms. The monoisotopic (exact) mass is 208 g/mol. The number of aromatic nitrogens is 1. The molecule has 0 saturated heterocycles. The molecule has 0 amide bonds. The molecular formula is C14H12N2. The highest BCUT2D eigenvalue weighted by Gasteiger charge is 2.09. The molecule has 2 heterocycles. The van der Waals surface area contributed by atoms with Crippen molar-refractivity contribution >= 4 is 22.8 Å². The predicted molar refractivity (Wildman–Crippen MR) is 67.4 cm³/mol. The van der Waals surface area contributed by atoms with Crippen LogP contribution in [-0.4, -0.2) is 11.2 Å². The number of benzene rings is 1. The van der Waals surface area contributed by atoms with Gasteiger partial charge in [0.1, 0.15) is 0 Å². The molecule has 2 heteroatoms. The van der Waals surface area contributed by atoms with E-state index < -0.39 is 0 Å². The minimum Gasteiger partial charge on any atom is -0.254 e. The molecule has 16 heavy (non-hydrogen) atoms. The van der Waals surface area contributed by atoms with E-state index in [-0.39, 0.29) is 0 Å². The summed E-state index contributed by atoms with van der Waals surface area (Å²) in [7, 11) is 0. The van der Waals surface area contributed by atoms with Crippen molar-refractivity contribution in [1.29, 1.82) is 0 Å². The fourth-order valence-corrected chi connectivity index (χ4v) is 2.06. The third-order valence-corrected chi connectivity index (χ3v) is 2.86. The van der Waals surface area contributed by atoms with E-state index in [0.717, 1.165) is 23.0 Å². The second-order valence-electron chi connectivity index (χ2n) is 4.12. The van der Waals surface area contributed by atoms with Gasteiger partial charge in [0.2, 0.25) is 0 Å². The molecule has 3 rings (SSSR count). The molecule has 1 aliphatic heterocycles. The van der Waals surface area contributed by atoms with Gasteiger partial charge in [-0.3, -0.25) is 9.98 Å². The minimum absolute atomic E-state index is 0.960. The first-order valence-electron chi connectivity index (χ1n) is 5.41. The number of hydrogen-bond acceptors (Lipinski definition) is 2. The van der Waals surface area contributed by atoms with Crippen LogP contribution in [0.2, 0.25) is 0 Å². The van der Waals surface area contributed by atoms with E-state index >= 15 is 0 Å². The van der Waals surface area contributed by atoms with Gasteiger partial charge in [0.05, 0.1) is 11.2 Å². The number of rotatable bonds is 0. The Hall–Kier alpha value is -1.96. The summed E-state index contributed by atoms with van der Waals surface area (Å²) in [6.45, 7) is 2.13. The molecule has 0 atom stereocenters. The van der Waals surface area contributed by atoms with Crippen molar-refractivity contribution < 1.29 is 0 Å². The summed E-state index contributed by atoms with van der Waals surface area (Å²) in [4.78, 5) is 8.93. The number of hydrogen-bond donors (Lipinski definition) is 0. The van der Waals surface area contributed by atoms with Crippen LogP contribution in [0, 0.1) is 0 Å². The van der Waals surface area contributed by atoms with Crippen LogP contribution in [0.4, 0.5) is 5.69 Å². The molecule has 0 fully saturated rings. The summed E-state index contributed by atoms with van der Waals surface area (Å²) in [6, 6.07) is 8.30. The van der Waals surface area contributed by atoms with Crippen molar-refractivity contribution in [2.75, 3.05) is 0 Å². The zero-order chi connectivity index (χ0) is 11.0. The highest BCUT2D eigenvalue weighted by atomic mass is 14.8. The maximum Gasteiger partial charge on any atom is 0.0961 e. The van der Waals surface area contributed by atoms with E-state index in [1.807, 2.05) is 18.5 Å². The van der Waals surface area contributed by atoms with E-state index in [0.29, 0.717) is 0 Å². The first-order chi connectivity index (χ1) is 7.84. The lowest BCUT2D eigenvalue weighted by Gasteiger charge is -2.06. The van der Waals surface area contributed by atoms with Crippen LogP contribution < -0.4 is 0 Å². The SMILES string of the molecule is CC1=CC=Nc2c(ccc3cccnc23)C1. The van der Waals surface area contributed by atoms with Crippen LogP contribution in [-0.2, 0) is 6.42 Å². The lowest BCUT2D eigenvalue weighted by molar-refractivity contribution is 1.15. The smallest absolute Gasteiger partial charge is 0.0961 e. The van der Waals surface area contributed by atoms with Gasteiger partial charge < -0.3 is 0 Å². The number of nitrogens with zero attached hydrogens (tertiary/aromatic N) is 2. The third kappa shape index (κ3) is 1.43. The fraction of sp³-hybridized carbons (Fsp3) is 0.143. The second-order valence-corrected chi connectivity index (χ2v) is 4.12. The van der Waals surface area contributed by atoms with Gasteiger partial charge in [-0.1, -0.05) is 23.8 Å². The van der Waals surface area contributed by atoms with E-state index in [4.69, 9.17) is 0 Å². The summed E-state index contributed by atoms with van der Waals surface area (Å²) in [6.07, 6.45) is 6.72. The predicted octanol–water partition coefficient (Wildman–Crippen LogP) is 3.44. The molecule has 2 nitrogen and oxygen atoms in total. The normalized spacial score (nSPS) is 14.4. The minimum atomic E-state index is 0.960. The average molecular weight is 208 g/mol. The van der Waals surface area contributed by atoms with Gasteiger partial charge in [0.15, 0.2) is 0 Å². The molecule has 1 aromatic carbocycles. The largest absolute Gasteiger partial charge is 0.254 e. The molecule has 78 valence electrons. The Kier molecular flexibility index (Phi) is 2.07. The van der Waals surface area contributed by atoms with Gasteiger partial charge in [0.25, 0.3) is 0 Å². The Morgan fingerprint density at radius 1 is 1.19 bits per heavy atom. The van der Waals surface area contributed by atoms with Crippen molar-refractivity contribution in [3.05, 3.63) is 47.7 Å². The van der Waals surface area contributed by atoms with Crippen LogP contribution in [0.1, 0.15) is 12.5 Å². The van der Waals surface area contributed by atoms with E-state index in [1.165, 1.54) is 11.1 Å². The summed E-state index contributed by atoms with van der Waals surface area (Å²) in [5.74, 6) is 0. The van der Waals surface area contributed by atoms with Gasteiger partial charge in [-0.2, -0.15) is 0 Å². The topological polar surface area (TPSA) is 25.2 Å². The van der Waals surface area contributed by atoms with Crippen LogP contribution in [0.5, 0.6) is 0 Å². The first kappa shape index (κ1) is 9.28. The third-order valence-electron chi connectivity index (χ3n) is 2.86. The molecule has 2 aromatic rings. The molecule has 0 saturated carbocycles. The standard InChI is InChI=1S/C14H12N2/c1-10-6-8-16-14-12(9-10)5-4-11-3-2-7-15-13(11)14/h2-8H,9H2,1H3. The summed E-state index contributed by atoms with van der Waals surface area (Å²) in [5.41, 5.74) is 4.61. The number of fused-ring (bicyclic) bond motifs is 3. The van der Waals surface area contributed by atoms with Crippen molar-refractivity contribution in [3.63, 3.8) is 0 Å². The van der Waals surface area contributed by atoms with Crippen LogP contribution in [0.3, 0.4) is 0 Å². The quantitative estimate of drug-likeness (QED) is 0.651. The molecular weight excluding hydrogens is 196 g/mol. The Morgan fingerprint density at radius 2 is 2.12 bits per heavy atom. The second kappa shape index (κ2) is 3.56. The Bertz CT molecular complexity index is 609. The molecule has 0 spiro atoms. The van der Waals surface area contributed by atoms with Crippen LogP contribution in [0.25, 0.3) is 10.9 Å². The van der Waals surface area contributed by atoms with Crippen LogP contribution >= 0.6 is 0 Å². The summed E-state index contributed by atoms with van der Waals surface area (Å²) < 4.78 is 0. The van der Waals surface area contributed by atoms with Crippen LogP contribution in [0.15, 0.2) is 47.1 Å². The highest BCUT2D eigenvalue weighted by Crippen LogP contribution is 2.31. The molecule has 1 aromatic heterocycles. The Balaban J connectivity index is 2.32. The molecule has 0 radical (unpaired) electrons. The lowest BCUT2D eigenvalue weighted by Crippen LogP contribution is -1.88. The lowest BCUT2D eigenvalue weighted by atomic mass is 10.0. The van der Waals surface area contributed by atoms with Gasteiger partial charge in [-0.15, -0.1) is 0 Å². The molecule has 0 N–H and O–H groups in total. The Morgan fingerprint density at radius 3 is 3.06 bits per heavy atom. The van der Waals surface area contributed by atoms with Gasteiger partial charge in [-0.05, 0) is 31.1 Å². The average Bonchev–Trinajstić information content (AvgIpc) is 2.50. The zero-order valence-corrected chi connectivity index (χ0v) is 9.14. The summed E-state index contributed by atoms with van der Waals surface area (Å²) >= 11 is 0. The van der Waals surface area contributed by atoms with Crippen molar-refractivity contribution in [1.82, 2.24) is 4.98 Å². The van der Waals surface area contributed by atoms with Crippen molar-refractivity contribution in [3.8, 4) is 0 Å². The van der Waals surface area contributed by atoms with Gasteiger partial charge in [-0.25, -0.2) is 0 Å². The molecule has 0 unspecified atom stereocenters. The maximum absolute atomic E-state index is 4.50. The Labute approximate surface area is 94.4 Å². The van der Waals surface area contributed by atoms with E-state index in [2.05, 4.69) is 41.2 Å². The van der Waals surface area contributed by atoms with Gasteiger partial charge in [0, 0.05) is 17.8 Å². The number of allylic oxidation sites excluding steroid dienone is 2. The number of pyridine rings is 1. The highest BCUT2D eigenvalue weighted by molar-refractivity contribution is 5.93. The van der Waals surface area contributed by atoms with Crippen molar-refractivity contribution in [2.24, 2.45) is 4.99 Å². The van der Waals surface area contributed by atoms with E-state index in [1.54, 1.807) is 0 Å². The first-order valence-corrected chi connectivity index (χ1v) is 5.41.